The Morgan fingerprint density at radius 1 is 0.882 bits per heavy atom. The minimum atomic E-state index is 0.108. The van der Waals surface area contributed by atoms with Crippen LogP contribution >= 0.6 is 0 Å². The lowest BCUT2D eigenvalue weighted by Crippen LogP contribution is -2.61. The second kappa shape index (κ2) is 4.55. The Morgan fingerprint density at radius 3 is 2.06 bits per heavy atom. The first kappa shape index (κ1) is 12.0. The van der Waals surface area contributed by atoms with Crippen LogP contribution in [0.4, 0.5) is 0 Å². The average Bonchev–Trinajstić information content (AvgIpc) is 2.40. The molecule has 3 saturated carbocycles. The van der Waals surface area contributed by atoms with E-state index in [1.807, 2.05) is 0 Å². The number of nitrogens with two attached hydrogens (primary N) is 1. The van der Waals surface area contributed by atoms with E-state index >= 15 is 0 Å². The fraction of sp³-hybridized carbons (Fsp3) is 1.00. The van der Waals surface area contributed by atoms with Gasteiger partial charge in [0.1, 0.15) is 0 Å². The van der Waals surface area contributed by atoms with Gasteiger partial charge in [-0.2, -0.15) is 0 Å². The summed E-state index contributed by atoms with van der Waals surface area (Å²) in [6.07, 6.45) is 15.2. The third-order valence-corrected chi connectivity index (χ3v) is 5.82. The summed E-state index contributed by atoms with van der Waals surface area (Å²) in [7, 11) is 0. The Bertz CT molecular complexity index is 257. The van der Waals surface area contributed by atoms with Gasteiger partial charge in [0.05, 0.1) is 0 Å². The van der Waals surface area contributed by atoms with Crippen molar-refractivity contribution >= 4 is 0 Å². The molecule has 3 rings (SSSR count). The molecule has 98 valence electrons. The van der Waals surface area contributed by atoms with Gasteiger partial charge in [-0.05, 0) is 43.9 Å². The molecule has 2 heteroatoms. The summed E-state index contributed by atoms with van der Waals surface area (Å²) in [6.45, 7) is 1.07. The molecule has 1 spiro atoms. The molecule has 0 aromatic heterocycles. The van der Waals surface area contributed by atoms with Crippen LogP contribution in [0.25, 0.3) is 0 Å². The molecule has 0 amide bonds. The van der Waals surface area contributed by atoms with Gasteiger partial charge in [0.15, 0.2) is 0 Å². The van der Waals surface area contributed by atoms with Gasteiger partial charge >= 0.3 is 0 Å². The molecule has 17 heavy (non-hydrogen) atoms. The molecule has 3 aliphatic rings. The SMILES string of the molecule is NC1(CNC2CCC23CCC3)CCCCCC1. The molecular formula is C15H28N2. The maximum absolute atomic E-state index is 6.57. The Kier molecular flexibility index (Phi) is 3.20. The molecule has 2 nitrogen and oxygen atoms in total. The Hall–Kier alpha value is -0.0800. The molecule has 0 aromatic carbocycles. The largest absolute Gasteiger partial charge is 0.324 e. The van der Waals surface area contributed by atoms with Crippen LogP contribution in [-0.2, 0) is 0 Å². The van der Waals surface area contributed by atoms with Crippen molar-refractivity contribution in [2.75, 3.05) is 6.54 Å². The predicted molar refractivity (Wildman–Crippen MR) is 71.9 cm³/mol. The van der Waals surface area contributed by atoms with Crippen molar-refractivity contribution in [3.63, 3.8) is 0 Å². The third-order valence-electron chi connectivity index (χ3n) is 5.82. The van der Waals surface area contributed by atoms with Crippen LogP contribution < -0.4 is 11.1 Å². The molecule has 1 atom stereocenters. The number of hydrogen-bond acceptors (Lipinski definition) is 2. The van der Waals surface area contributed by atoms with Crippen molar-refractivity contribution < 1.29 is 0 Å². The highest BCUT2D eigenvalue weighted by atomic mass is 15.0. The van der Waals surface area contributed by atoms with Crippen molar-refractivity contribution in [1.29, 1.82) is 0 Å². The van der Waals surface area contributed by atoms with E-state index in [9.17, 15) is 0 Å². The van der Waals surface area contributed by atoms with E-state index in [-0.39, 0.29) is 5.54 Å². The van der Waals surface area contributed by atoms with Gasteiger partial charge in [0, 0.05) is 18.1 Å². The Labute approximate surface area is 106 Å². The van der Waals surface area contributed by atoms with E-state index < -0.39 is 0 Å². The maximum atomic E-state index is 6.57. The van der Waals surface area contributed by atoms with E-state index in [2.05, 4.69) is 5.32 Å². The lowest BCUT2D eigenvalue weighted by molar-refractivity contribution is -0.0198. The first-order chi connectivity index (χ1) is 8.23. The lowest BCUT2D eigenvalue weighted by Gasteiger charge is -2.57. The highest BCUT2D eigenvalue weighted by Gasteiger charge is 2.50. The van der Waals surface area contributed by atoms with Crippen molar-refractivity contribution in [3.05, 3.63) is 0 Å². The van der Waals surface area contributed by atoms with Gasteiger partial charge in [0.25, 0.3) is 0 Å². The van der Waals surface area contributed by atoms with Gasteiger partial charge in [-0.1, -0.05) is 32.1 Å². The minimum Gasteiger partial charge on any atom is -0.324 e. The summed E-state index contributed by atoms with van der Waals surface area (Å²) in [4.78, 5) is 0. The lowest BCUT2D eigenvalue weighted by atomic mass is 9.53. The monoisotopic (exact) mass is 236 g/mol. The summed E-state index contributed by atoms with van der Waals surface area (Å²) >= 11 is 0. The third kappa shape index (κ3) is 2.26. The Balaban J connectivity index is 1.49. The fourth-order valence-corrected chi connectivity index (χ4v) is 4.18. The first-order valence-corrected chi connectivity index (χ1v) is 7.75. The van der Waals surface area contributed by atoms with E-state index in [0.717, 1.165) is 18.0 Å². The summed E-state index contributed by atoms with van der Waals surface area (Å²) in [6, 6.07) is 0.805. The van der Waals surface area contributed by atoms with Crippen LogP contribution in [0, 0.1) is 5.41 Å². The van der Waals surface area contributed by atoms with Crippen molar-refractivity contribution in [3.8, 4) is 0 Å². The second-order valence-electron chi connectivity index (χ2n) is 6.96. The van der Waals surface area contributed by atoms with Gasteiger partial charge < -0.3 is 11.1 Å². The zero-order valence-corrected chi connectivity index (χ0v) is 11.1. The van der Waals surface area contributed by atoms with Crippen LogP contribution in [0.15, 0.2) is 0 Å². The van der Waals surface area contributed by atoms with E-state index in [4.69, 9.17) is 5.73 Å². The highest BCUT2D eigenvalue weighted by molar-refractivity contribution is 5.06. The van der Waals surface area contributed by atoms with Crippen LogP contribution in [0.5, 0.6) is 0 Å². The van der Waals surface area contributed by atoms with Gasteiger partial charge in [-0.25, -0.2) is 0 Å². The van der Waals surface area contributed by atoms with Crippen LogP contribution in [0.3, 0.4) is 0 Å². The number of rotatable bonds is 3. The van der Waals surface area contributed by atoms with Crippen molar-refractivity contribution in [1.82, 2.24) is 5.32 Å². The van der Waals surface area contributed by atoms with Gasteiger partial charge in [-0.15, -0.1) is 0 Å². The van der Waals surface area contributed by atoms with E-state index in [0.29, 0.717) is 0 Å². The number of nitrogens with one attached hydrogen (secondary N) is 1. The summed E-state index contributed by atoms with van der Waals surface area (Å²) < 4.78 is 0. The molecule has 0 aliphatic heterocycles. The molecule has 3 aliphatic carbocycles. The van der Waals surface area contributed by atoms with Crippen LogP contribution in [-0.4, -0.2) is 18.1 Å². The topological polar surface area (TPSA) is 38.0 Å². The van der Waals surface area contributed by atoms with Crippen molar-refractivity contribution in [2.45, 2.75) is 82.2 Å². The fourth-order valence-electron chi connectivity index (χ4n) is 4.18. The minimum absolute atomic E-state index is 0.108. The van der Waals surface area contributed by atoms with Gasteiger partial charge in [0.2, 0.25) is 0 Å². The molecule has 0 aromatic rings. The summed E-state index contributed by atoms with van der Waals surface area (Å²) in [5, 5.41) is 3.82. The summed E-state index contributed by atoms with van der Waals surface area (Å²) in [5.74, 6) is 0. The number of hydrogen-bond donors (Lipinski definition) is 2. The first-order valence-electron chi connectivity index (χ1n) is 7.75. The molecule has 0 saturated heterocycles. The molecule has 0 bridgehead atoms. The smallest absolute Gasteiger partial charge is 0.0280 e. The predicted octanol–water partition coefficient (Wildman–Crippen LogP) is 2.96. The Morgan fingerprint density at radius 2 is 1.59 bits per heavy atom. The maximum Gasteiger partial charge on any atom is 0.0280 e. The summed E-state index contributed by atoms with van der Waals surface area (Å²) in [5.41, 5.74) is 7.40. The van der Waals surface area contributed by atoms with Crippen molar-refractivity contribution in [2.24, 2.45) is 11.1 Å². The van der Waals surface area contributed by atoms with Crippen LogP contribution in [0.2, 0.25) is 0 Å². The zero-order chi connectivity index (χ0) is 11.8. The molecule has 0 heterocycles. The average molecular weight is 236 g/mol. The molecule has 1 unspecified atom stereocenters. The molecule has 3 fully saturated rings. The normalized spacial score (nSPS) is 34.8. The zero-order valence-electron chi connectivity index (χ0n) is 11.1. The quantitative estimate of drug-likeness (QED) is 0.739. The molecule has 3 N–H and O–H groups in total. The van der Waals surface area contributed by atoms with E-state index in [1.54, 1.807) is 0 Å². The van der Waals surface area contributed by atoms with Gasteiger partial charge in [-0.3, -0.25) is 0 Å². The molecule has 0 radical (unpaired) electrons. The highest BCUT2D eigenvalue weighted by Crippen LogP contribution is 2.55. The molecular weight excluding hydrogens is 208 g/mol. The standard InChI is InChI=1S/C15H28N2/c16-15(9-3-1-2-4-10-15)12-17-13-6-11-14(13)7-5-8-14/h13,17H,1-12,16H2. The van der Waals surface area contributed by atoms with Crippen LogP contribution in [0.1, 0.15) is 70.6 Å². The van der Waals surface area contributed by atoms with E-state index in [1.165, 1.54) is 70.6 Å². The second-order valence-corrected chi connectivity index (χ2v) is 6.96.